The lowest BCUT2D eigenvalue weighted by Gasteiger charge is -2.21. The second-order valence-electron chi connectivity index (χ2n) is 5.07. The van der Waals surface area contributed by atoms with Crippen molar-refractivity contribution in [3.63, 3.8) is 0 Å². The van der Waals surface area contributed by atoms with Crippen molar-refractivity contribution in [3.05, 3.63) is 0 Å². The monoisotopic (exact) mass is 226 g/mol. The van der Waals surface area contributed by atoms with Crippen LogP contribution in [0.15, 0.2) is 0 Å². The summed E-state index contributed by atoms with van der Waals surface area (Å²) in [7, 11) is 0. The third kappa shape index (κ3) is 4.12. The molecule has 0 aromatic heterocycles. The van der Waals surface area contributed by atoms with Gasteiger partial charge in [-0.05, 0) is 31.3 Å². The summed E-state index contributed by atoms with van der Waals surface area (Å²) in [5.74, 6) is 1.54. The number of hydrogen-bond acceptors (Lipinski definition) is 2. The van der Waals surface area contributed by atoms with Crippen molar-refractivity contribution in [1.82, 2.24) is 10.2 Å². The highest BCUT2D eigenvalue weighted by molar-refractivity contribution is 5.78. The van der Waals surface area contributed by atoms with Crippen molar-refractivity contribution in [2.75, 3.05) is 26.2 Å². The van der Waals surface area contributed by atoms with Crippen molar-refractivity contribution in [3.8, 4) is 0 Å². The lowest BCUT2D eigenvalue weighted by molar-refractivity contribution is -0.128. The first kappa shape index (κ1) is 13.5. The number of carbonyl (C=O) groups is 1. The van der Waals surface area contributed by atoms with Gasteiger partial charge in [-0.25, -0.2) is 0 Å². The van der Waals surface area contributed by atoms with E-state index >= 15 is 0 Å². The van der Waals surface area contributed by atoms with Gasteiger partial charge in [-0.3, -0.25) is 4.79 Å². The number of carbonyl (C=O) groups excluding carboxylic acids is 1. The maximum absolute atomic E-state index is 11.8. The Hall–Kier alpha value is -0.570. The number of nitrogens with one attached hydrogen (secondary N) is 1. The Labute approximate surface area is 99.6 Å². The van der Waals surface area contributed by atoms with Crippen molar-refractivity contribution in [1.29, 1.82) is 0 Å². The van der Waals surface area contributed by atoms with Crippen LogP contribution < -0.4 is 5.32 Å². The van der Waals surface area contributed by atoms with Crippen molar-refractivity contribution >= 4 is 5.91 Å². The van der Waals surface area contributed by atoms with Gasteiger partial charge in [0, 0.05) is 19.5 Å². The van der Waals surface area contributed by atoms with Crippen molar-refractivity contribution in [2.45, 2.75) is 40.0 Å². The molecule has 0 aliphatic carbocycles. The lowest BCUT2D eigenvalue weighted by atomic mass is 10.0. The average Bonchev–Trinajstić information content (AvgIpc) is 2.57. The first-order valence-corrected chi connectivity index (χ1v) is 6.65. The van der Waals surface area contributed by atoms with E-state index < -0.39 is 0 Å². The van der Waals surface area contributed by atoms with Gasteiger partial charge >= 0.3 is 0 Å². The Morgan fingerprint density at radius 2 is 2.25 bits per heavy atom. The maximum Gasteiger partial charge on any atom is 0.222 e. The first-order valence-electron chi connectivity index (χ1n) is 6.65. The number of hydrogen-bond donors (Lipinski definition) is 1. The van der Waals surface area contributed by atoms with Crippen LogP contribution >= 0.6 is 0 Å². The topological polar surface area (TPSA) is 32.3 Å². The highest BCUT2D eigenvalue weighted by Gasteiger charge is 2.29. The van der Waals surface area contributed by atoms with Crippen LogP contribution in [0, 0.1) is 11.8 Å². The fourth-order valence-corrected chi connectivity index (χ4v) is 2.46. The molecule has 0 radical (unpaired) electrons. The van der Waals surface area contributed by atoms with Crippen molar-refractivity contribution < 1.29 is 4.79 Å². The Morgan fingerprint density at radius 1 is 1.50 bits per heavy atom. The van der Waals surface area contributed by atoms with Crippen LogP contribution in [0.3, 0.4) is 0 Å². The molecule has 3 nitrogen and oxygen atoms in total. The van der Waals surface area contributed by atoms with E-state index in [1.54, 1.807) is 0 Å². The average molecular weight is 226 g/mol. The SMILES string of the molecule is CCCC1CC(=O)N(CC(C)CNCC)C1. The van der Waals surface area contributed by atoms with E-state index in [-0.39, 0.29) is 0 Å². The van der Waals surface area contributed by atoms with Gasteiger partial charge in [-0.1, -0.05) is 27.2 Å². The van der Waals surface area contributed by atoms with Crippen LogP contribution in [0.25, 0.3) is 0 Å². The minimum atomic E-state index is 0.363. The first-order chi connectivity index (χ1) is 7.67. The Kier molecular flexibility index (Phi) is 5.81. The Balaban J connectivity index is 2.29. The summed E-state index contributed by atoms with van der Waals surface area (Å²) in [6.45, 7) is 10.5. The van der Waals surface area contributed by atoms with E-state index in [1.807, 2.05) is 0 Å². The zero-order valence-corrected chi connectivity index (χ0v) is 11.0. The normalized spacial score (nSPS) is 22.8. The molecule has 2 unspecified atom stereocenters. The lowest BCUT2D eigenvalue weighted by Crippen LogP contribution is -2.34. The van der Waals surface area contributed by atoms with Gasteiger partial charge in [-0.15, -0.1) is 0 Å². The summed E-state index contributed by atoms with van der Waals surface area (Å²) in [6, 6.07) is 0. The molecule has 0 saturated carbocycles. The van der Waals surface area contributed by atoms with E-state index in [0.29, 0.717) is 17.7 Å². The number of likely N-dealkylation sites (tertiary alicyclic amines) is 1. The van der Waals surface area contributed by atoms with Gasteiger partial charge < -0.3 is 10.2 Å². The minimum Gasteiger partial charge on any atom is -0.342 e. The van der Waals surface area contributed by atoms with Crippen LogP contribution in [-0.2, 0) is 4.79 Å². The summed E-state index contributed by atoms with van der Waals surface area (Å²) in [6.07, 6.45) is 3.17. The zero-order valence-electron chi connectivity index (χ0n) is 11.0. The van der Waals surface area contributed by atoms with Gasteiger partial charge in [0.1, 0.15) is 0 Å². The molecule has 1 aliphatic heterocycles. The molecule has 1 aliphatic rings. The fourth-order valence-electron chi connectivity index (χ4n) is 2.46. The molecule has 0 bridgehead atoms. The van der Waals surface area contributed by atoms with Gasteiger partial charge in [0.2, 0.25) is 5.91 Å². The van der Waals surface area contributed by atoms with Crippen LogP contribution in [0.5, 0.6) is 0 Å². The summed E-state index contributed by atoms with van der Waals surface area (Å²) in [4.78, 5) is 13.8. The maximum atomic E-state index is 11.8. The predicted octanol–water partition coefficient (Wildman–Crippen LogP) is 1.88. The number of rotatable bonds is 7. The van der Waals surface area contributed by atoms with E-state index in [0.717, 1.165) is 32.6 Å². The molecule has 1 saturated heterocycles. The fraction of sp³-hybridized carbons (Fsp3) is 0.923. The summed E-state index contributed by atoms with van der Waals surface area (Å²) in [5.41, 5.74) is 0. The molecule has 0 spiro atoms. The van der Waals surface area contributed by atoms with Crippen LogP contribution in [0.2, 0.25) is 0 Å². The molecule has 16 heavy (non-hydrogen) atoms. The molecule has 1 fully saturated rings. The molecule has 2 atom stereocenters. The highest BCUT2D eigenvalue weighted by Crippen LogP contribution is 2.22. The molecular weight excluding hydrogens is 200 g/mol. The van der Waals surface area contributed by atoms with Gasteiger partial charge in [-0.2, -0.15) is 0 Å². The van der Waals surface area contributed by atoms with Crippen LogP contribution in [0.1, 0.15) is 40.0 Å². The van der Waals surface area contributed by atoms with E-state index in [4.69, 9.17) is 0 Å². The van der Waals surface area contributed by atoms with Crippen LogP contribution in [-0.4, -0.2) is 37.0 Å². The van der Waals surface area contributed by atoms with E-state index in [2.05, 4.69) is 31.0 Å². The number of nitrogens with zero attached hydrogens (tertiary/aromatic N) is 1. The standard InChI is InChI=1S/C13H26N2O/c1-4-6-12-7-13(16)15(10-12)9-11(3)8-14-5-2/h11-12,14H,4-10H2,1-3H3. The molecule has 0 aromatic rings. The molecule has 1 amide bonds. The summed E-state index contributed by atoms with van der Waals surface area (Å²) in [5, 5.41) is 3.34. The molecule has 1 rings (SSSR count). The van der Waals surface area contributed by atoms with Gasteiger partial charge in [0.25, 0.3) is 0 Å². The van der Waals surface area contributed by atoms with Gasteiger partial charge in [0.15, 0.2) is 0 Å². The van der Waals surface area contributed by atoms with E-state index in [1.165, 1.54) is 12.8 Å². The highest BCUT2D eigenvalue weighted by atomic mass is 16.2. The number of amides is 1. The molecule has 0 aromatic carbocycles. The Bertz CT molecular complexity index is 218. The van der Waals surface area contributed by atoms with Crippen LogP contribution in [0.4, 0.5) is 0 Å². The minimum absolute atomic E-state index is 0.363. The molecule has 1 heterocycles. The predicted molar refractivity (Wildman–Crippen MR) is 67.3 cm³/mol. The molecule has 3 heteroatoms. The smallest absolute Gasteiger partial charge is 0.222 e. The Morgan fingerprint density at radius 3 is 2.88 bits per heavy atom. The van der Waals surface area contributed by atoms with Gasteiger partial charge in [0.05, 0.1) is 0 Å². The summed E-state index contributed by atoms with van der Waals surface area (Å²) >= 11 is 0. The molecular formula is C13H26N2O. The second-order valence-corrected chi connectivity index (χ2v) is 5.07. The van der Waals surface area contributed by atoms with E-state index in [9.17, 15) is 4.79 Å². The second kappa shape index (κ2) is 6.89. The summed E-state index contributed by atoms with van der Waals surface area (Å²) < 4.78 is 0. The third-order valence-corrected chi connectivity index (χ3v) is 3.27. The largest absolute Gasteiger partial charge is 0.342 e. The third-order valence-electron chi connectivity index (χ3n) is 3.27. The van der Waals surface area contributed by atoms with Crippen molar-refractivity contribution in [2.24, 2.45) is 11.8 Å². The quantitative estimate of drug-likeness (QED) is 0.719. The zero-order chi connectivity index (χ0) is 12.0. The molecule has 94 valence electrons. The molecule has 1 N–H and O–H groups in total.